The molecule has 0 radical (unpaired) electrons. The van der Waals surface area contributed by atoms with Crippen LogP contribution < -0.4 is 10.6 Å². The van der Waals surface area contributed by atoms with Gasteiger partial charge in [-0.25, -0.2) is 4.79 Å². The molecule has 5 nitrogen and oxygen atoms in total. The van der Waals surface area contributed by atoms with Crippen LogP contribution in [-0.2, 0) is 6.54 Å². The number of hydrogen-bond donors (Lipinski definition) is 2. The van der Waals surface area contributed by atoms with Crippen molar-refractivity contribution in [3.8, 4) is 0 Å². The van der Waals surface area contributed by atoms with E-state index in [9.17, 15) is 9.90 Å². The van der Waals surface area contributed by atoms with Gasteiger partial charge in [-0.1, -0.05) is 6.07 Å². The Hall–Kier alpha value is -2.56. The summed E-state index contributed by atoms with van der Waals surface area (Å²) in [6, 6.07) is 8.75. The monoisotopic (exact) mass is 271 g/mol. The van der Waals surface area contributed by atoms with Crippen LogP contribution in [0.25, 0.3) is 0 Å². The molecule has 0 fully saturated rings. The van der Waals surface area contributed by atoms with Crippen molar-refractivity contribution in [1.82, 2.24) is 4.98 Å². The first-order valence-electron chi connectivity index (χ1n) is 6.23. The Morgan fingerprint density at radius 3 is 2.80 bits per heavy atom. The van der Waals surface area contributed by atoms with Gasteiger partial charge < -0.3 is 15.7 Å². The maximum absolute atomic E-state index is 11.3. The number of carboxylic acid groups (broad SMARTS) is 1. The van der Waals surface area contributed by atoms with Crippen molar-refractivity contribution in [3.05, 3.63) is 53.3 Å². The summed E-state index contributed by atoms with van der Waals surface area (Å²) >= 11 is 0. The molecule has 1 heterocycles. The molecular formula is C15H17N3O2. The maximum atomic E-state index is 11.3. The number of aromatic carboxylic acids is 1. The van der Waals surface area contributed by atoms with Gasteiger partial charge in [0.2, 0.25) is 0 Å². The van der Waals surface area contributed by atoms with Gasteiger partial charge in [-0.05, 0) is 36.8 Å². The number of nitrogens with two attached hydrogens (primary N) is 1. The molecule has 5 heteroatoms. The topological polar surface area (TPSA) is 79.5 Å². The van der Waals surface area contributed by atoms with Crippen molar-refractivity contribution >= 4 is 17.3 Å². The molecule has 3 N–H and O–H groups in total. The zero-order valence-corrected chi connectivity index (χ0v) is 11.5. The molecule has 20 heavy (non-hydrogen) atoms. The van der Waals surface area contributed by atoms with Gasteiger partial charge >= 0.3 is 5.97 Å². The summed E-state index contributed by atoms with van der Waals surface area (Å²) in [4.78, 5) is 17.5. The van der Waals surface area contributed by atoms with Crippen molar-refractivity contribution in [1.29, 1.82) is 0 Å². The zero-order chi connectivity index (χ0) is 14.7. The predicted molar refractivity (Wildman–Crippen MR) is 78.9 cm³/mol. The Bertz CT molecular complexity index is 641. The number of carboxylic acids is 1. The first-order valence-corrected chi connectivity index (χ1v) is 6.23. The molecular weight excluding hydrogens is 254 g/mol. The molecule has 1 aromatic heterocycles. The lowest BCUT2D eigenvalue weighted by atomic mass is 10.1. The summed E-state index contributed by atoms with van der Waals surface area (Å²) in [5, 5.41) is 9.26. The Morgan fingerprint density at radius 2 is 2.15 bits per heavy atom. The third kappa shape index (κ3) is 2.88. The van der Waals surface area contributed by atoms with Gasteiger partial charge in [0.25, 0.3) is 0 Å². The highest BCUT2D eigenvalue weighted by atomic mass is 16.4. The van der Waals surface area contributed by atoms with Crippen LogP contribution in [0, 0.1) is 6.92 Å². The van der Waals surface area contributed by atoms with E-state index in [1.807, 2.05) is 31.0 Å². The summed E-state index contributed by atoms with van der Waals surface area (Å²) < 4.78 is 0. The highest BCUT2D eigenvalue weighted by Crippen LogP contribution is 2.24. The number of carbonyl (C=O) groups is 1. The summed E-state index contributed by atoms with van der Waals surface area (Å²) in [6.45, 7) is 2.52. The molecule has 0 amide bonds. The van der Waals surface area contributed by atoms with E-state index in [0.29, 0.717) is 17.9 Å². The molecule has 0 unspecified atom stereocenters. The molecule has 0 atom stereocenters. The number of rotatable bonds is 4. The summed E-state index contributed by atoms with van der Waals surface area (Å²) in [5.74, 6) is -0.989. The maximum Gasteiger partial charge on any atom is 0.337 e. The average Bonchev–Trinajstić information content (AvgIpc) is 2.41. The Labute approximate surface area is 117 Å². The fourth-order valence-corrected chi connectivity index (χ4v) is 2.05. The average molecular weight is 271 g/mol. The van der Waals surface area contributed by atoms with Crippen LogP contribution in [0.3, 0.4) is 0 Å². The van der Waals surface area contributed by atoms with Gasteiger partial charge in [0.05, 0.1) is 23.5 Å². The van der Waals surface area contributed by atoms with E-state index >= 15 is 0 Å². The minimum atomic E-state index is -0.989. The number of anilines is 2. The first-order chi connectivity index (χ1) is 9.49. The minimum Gasteiger partial charge on any atom is -0.478 e. The lowest BCUT2D eigenvalue weighted by Crippen LogP contribution is -2.20. The molecule has 1 aromatic carbocycles. The quantitative estimate of drug-likeness (QED) is 0.834. The van der Waals surface area contributed by atoms with E-state index in [2.05, 4.69) is 4.98 Å². The summed E-state index contributed by atoms with van der Waals surface area (Å²) in [7, 11) is 1.84. The van der Waals surface area contributed by atoms with Gasteiger partial charge in [0.15, 0.2) is 0 Å². The van der Waals surface area contributed by atoms with Crippen LogP contribution in [0.15, 0.2) is 36.5 Å². The third-order valence-corrected chi connectivity index (χ3v) is 3.17. The highest BCUT2D eigenvalue weighted by molar-refractivity contribution is 5.95. The number of aromatic nitrogens is 1. The lowest BCUT2D eigenvalue weighted by Gasteiger charge is -2.21. The molecule has 2 aromatic rings. The van der Waals surface area contributed by atoms with Gasteiger partial charge in [0, 0.05) is 18.9 Å². The number of benzene rings is 1. The largest absolute Gasteiger partial charge is 0.478 e. The molecule has 0 saturated heterocycles. The van der Waals surface area contributed by atoms with E-state index in [-0.39, 0.29) is 5.56 Å². The van der Waals surface area contributed by atoms with Crippen LogP contribution in [0.2, 0.25) is 0 Å². The molecule has 0 saturated carbocycles. The van der Waals surface area contributed by atoms with Gasteiger partial charge in [-0.15, -0.1) is 0 Å². The lowest BCUT2D eigenvalue weighted by molar-refractivity contribution is 0.0697. The predicted octanol–water partition coefficient (Wildman–Crippen LogP) is 2.31. The van der Waals surface area contributed by atoms with Gasteiger partial charge in [0.1, 0.15) is 0 Å². The van der Waals surface area contributed by atoms with Gasteiger partial charge in [-0.3, -0.25) is 4.98 Å². The van der Waals surface area contributed by atoms with Crippen molar-refractivity contribution in [3.63, 3.8) is 0 Å². The molecule has 0 aliphatic carbocycles. The number of aryl methyl sites for hydroxylation is 1. The summed E-state index contributed by atoms with van der Waals surface area (Å²) in [5.41, 5.74) is 8.90. The zero-order valence-electron chi connectivity index (χ0n) is 11.5. The Morgan fingerprint density at radius 1 is 1.40 bits per heavy atom. The van der Waals surface area contributed by atoms with Crippen LogP contribution in [-0.4, -0.2) is 23.1 Å². The van der Waals surface area contributed by atoms with E-state index in [1.165, 1.54) is 6.07 Å². The SMILES string of the molecule is Cc1cccnc1CN(C)c1ccc(N)cc1C(=O)O. The third-order valence-electron chi connectivity index (χ3n) is 3.17. The first kappa shape index (κ1) is 13.9. The number of nitrogens with zero attached hydrogens (tertiary/aromatic N) is 2. The van der Waals surface area contributed by atoms with E-state index in [0.717, 1.165) is 11.3 Å². The standard InChI is InChI=1S/C15H17N3O2/c1-10-4-3-7-17-13(10)9-18(2)14-6-5-11(16)8-12(14)15(19)20/h3-8H,9,16H2,1-2H3,(H,19,20). The normalized spacial score (nSPS) is 10.3. The Kier molecular flexibility index (Phi) is 3.89. The minimum absolute atomic E-state index is 0.195. The van der Waals surface area contributed by atoms with Crippen LogP contribution in [0.1, 0.15) is 21.6 Å². The summed E-state index contributed by atoms with van der Waals surface area (Å²) in [6.07, 6.45) is 1.73. The van der Waals surface area contributed by atoms with Gasteiger partial charge in [-0.2, -0.15) is 0 Å². The van der Waals surface area contributed by atoms with Crippen LogP contribution >= 0.6 is 0 Å². The number of nitrogen functional groups attached to an aromatic ring is 1. The molecule has 0 spiro atoms. The molecule has 2 rings (SSSR count). The second-order valence-electron chi connectivity index (χ2n) is 4.70. The van der Waals surface area contributed by atoms with Crippen LogP contribution in [0.4, 0.5) is 11.4 Å². The van der Waals surface area contributed by atoms with Crippen LogP contribution in [0.5, 0.6) is 0 Å². The highest BCUT2D eigenvalue weighted by Gasteiger charge is 2.15. The Balaban J connectivity index is 2.32. The second-order valence-corrected chi connectivity index (χ2v) is 4.70. The second kappa shape index (κ2) is 5.61. The number of pyridine rings is 1. The van der Waals surface area contributed by atoms with Crippen molar-refractivity contribution in [2.45, 2.75) is 13.5 Å². The fourth-order valence-electron chi connectivity index (χ4n) is 2.05. The van der Waals surface area contributed by atoms with Crippen molar-refractivity contribution < 1.29 is 9.90 Å². The van der Waals surface area contributed by atoms with Crippen molar-refractivity contribution in [2.75, 3.05) is 17.7 Å². The van der Waals surface area contributed by atoms with E-state index in [4.69, 9.17) is 5.73 Å². The number of hydrogen-bond acceptors (Lipinski definition) is 4. The van der Waals surface area contributed by atoms with Crippen molar-refractivity contribution in [2.24, 2.45) is 0 Å². The molecule has 104 valence electrons. The van der Waals surface area contributed by atoms with E-state index in [1.54, 1.807) is 18.3 Å². The van der Waals surface area contributed by atoms with E-state index < -0.39 is 5.97 Å². The fraction of sp³-hybridized carbons (Fsp3) is 0.200. The molecule has 0 bridgehead atoms. The molecule has 0 aliphatic heterocycles. The molecule has 0 aliphatic rings. The smallest absolute Gasteiger partial charge is 0.337 e.